The van der Waals surface area contributed by atoms with Gasteiger partial charge in [0.25, 0.3) is 11.5 Å². The van der Waals surface area contributed by atoms with Crippen LogP contribution in [0.25, 0.3) is 11.7 Å². The van der Waals surface area contributed by atoms with E-state index in [0.29, 0.717) is 17.1 Å². The van der Waals surface area contributed by atoms with E-state index < -0.39 is 11.5 Å². The van der Waals surface area contributed by atoms with E-state index in [2.05, 4.69) is 26.2 Å². The van der Waals surface area contributed by atoms with Crippen molar-refractivity contribution in [1.82, 2.24) is 9.38 Å². The molecule has 1 N–H and O–H groups in total. The van der Waals surface area contributed by atoms with Gasteiger partial charge in [0.1, 0.15) is 28.6 Å². The molecule has 0 radical (unpaired) electrons. The van der Waals surface area contributed by atoms with Crippen molar-refractivity contribution in [2.75, 3.05) is 5.32 Å². The molecule has 8 heteroatoms. The lowest BCUT2D eigenvalue weighted by Gasteiger charge is -2.10. The molecule has 2 aromatic heterocycles. The molecule has 0 spiro atoms. The van der Waals surface area contributed by atoms with Gasteiger partial charge in [0.05, 0.1) is 0 Å². The van der Waals surface area contributed by atoms with Gasteiger partial charge in [-0.1, -0.05) is 39.7 Å². The number of carbonyl (C=O) groups excluding carboxylic acids is 1. The van der Waals surface area contributed by atoms with Crippen LogP contribution in [0.4, 0.5) is 5.69 Å². The molecule has 0 aliphatic heterocycles. The lowest BCUT2D eigenvalue weighted by Crippen LogP contribution is -2.20. The molecule has 33 heavy (non-hydrogen) atoms. The van der Waals surface area contributed by atoms with Crippen LogP contribution in [0.2, 0.25) is 0 Å². The standard InChI is InChI=1S/C25H17BrN4O3/c1-16-5-9-19(10-6-16)28-23(31)17(15-27)14-21-24(33-20-11-7-18(26)8-12-20)29-22-4-2-3-13-30(22)25(21)32/h2-14H,1H3,(H,28,31). The quantitative estimate of drug-likeness (QED) is 0.303. The van der Waals surface area contributed by atoms with Crippen LogP contribution in [0.5, 0.6) is 11.6 Å². The molecule has 0 saturated carbocycles. The Morgan fingerprint density at radius 2 is 1.85 bits per heavy atom. The molecule has 162 valence electrons. The maximum absolute atomic E-state index is 13.2. The number of halogens is 1. The zero-order valence-corrected chi connectivity index (χ0v) is 19.0. The number of aryl methyl sites for hydroxylation is 1. The van der Waals surface area contributed by atoms with Crippen LogP contribution in [-0.2, 0) is 4.79 Å². The van der Waals surface area contributed by atoms with Gasteiger partial charge in [0.15, 0.2) is 0 Å². The predicted octanol–water partition coefficient (Wildman–Crippen LogP) is 5.10. The molecule has 4 rings (SSSR count). The Labute approximate surface area is 197 Å². The number of carbonyl (C=O) groups is 1. The summed E-state index contributed by atoms with van der Waals surface area (Å²) >= 11 is 3.36. The zero-order valence-electron chi connectivity index (χ0n) is 17.4. The second-order valence-electron chi connectivity index (χ2n) is 7.11. The number of pyridine rings is 1. The number of hydrogen-bond acceptors (Lipinski definition) is 5. The number of anilines is 1. The number of rotatable bonds is 5. The van der Waals surface area contributed by atoms with Crippen LogP contribution in [0.15, 0.2) is 87.8 Å². The summed E-state index contributed by atoms with van der Waals surface area (Å²) in [6.45, 7) is 1.93. The minimum Gasteiger partial charge on any atom is -0.438 e. The lowest BCUT2D eigenvalue weighted by molar-refractivity contribution is -0.112. The number of nitriles is 1. The first kappa shape index (κ1) is 22.0. The normalized spacial score (nSPS) is 11.1. The Morgan fingerprint density at radius 1 is 1.12 bits per heavy atom. The van der Waals surface area contributed by atoms with Gasteiger partial charge < -0.3 is 10.1 Å². The first-order chi connectivity index (χ1) is 15.9. The van der Waals surface area contributed by atoms with Crippen LogP contribution in [0, 0.1) is 18.3 Å². The average Bonchev–Trinajstić information content (AvgIpc) is 2.82. The van der Waals surface area contributed by atoms with Crippen molar-refractivity contribution in [1.29, 1.82) is 5.26 Å². The smallest absolute Gasteiger partial charge is 0.269 e. The fourth-order valence-corrected chi connectivity index (χ4v) is 3.29. The van der Waals surface area contributed by atoms with Crippen molar-refractivity contribution in [2.24, 2.45) is 0 Å². The highest BCUT2D eigenvalue weighted by Crippen LogP contribution is 2.25. The van der Waals surface area contributed by atoms with E-state index in [0.717, 1.165) is 10.0 Å². The van der Waals surface area contributed by atoms with Crippen molar-refractivity contribution in [3.63, 3.8) is 0 Å². The number of nitrogens with zero attached hydrogens (tertiary/aromatic N) is 3. The number of aromatic nitrogens is 2. The summed E-state index contributed by atoms with van der Waals surface area (Å²) in [5.41, 5.74) is 1.20. The fraction of sp³-hybridized carbons (Fsp3) is 0.0400. The molecule has 7 nitrogen and oxygen atoms in total. The van der Waals surface area contributed by atoms with Gasteiger partial charge in [-0.25, -0.2) is 0 Å². The molecule has 0 bridgehead atoms. The average molecular weight is 501 g/mol. The van der Waals surface area contributed by atoms with Crippen molar-refractivity contribution >= 4 is 39.2 Å². The van der Waals surface area contributed by atoms with E-state index in [1.807, 2.05) is 25.1 Å². The van der Waals surface area contributed by atoms with E-state index in [-0.39, 0.29) is 17.0 Å². The largest absolute Gasteiger partial charge is 0.438 e. The number of fused-ring (bicyclic) bond motifs is 1. The van der Waals surface area contributed by atoms with E-state index in [4.69, 9.17) is 4.74 Å². The molecule has 0 aliphatic rings. The predicted molar refractivity (Wildman–Crippen MR) is 129 cm³/mol. The van der Waals surface area contributed by atoms with Crippen molar-refractivity contribution < 1.29 is 9.53 Å². The Bertz CT molecular complexity index is 1470. The van der Waals surface area contributed by atoms with Crippen LogP contribution >= 0.6 is 15.9 Å². The molecular weight excluding hydrogens is 484 g/mol. The number of hydrogen-bond donors (Lipinski definition) is 1. The molecule has 1 amide bonds. The monoisotopic (exact) mass is 500 g/mol. The Morgan fingerprint density at radius 3 is 2.55 bits per heavy atom. The highest BCUT2D eigenvalue weighted by atomic mass is 79.9. The first-order valence-electron chi connectivity index (χ1n) is 9.89. The highest BCUT2D eigenvalue weighted by molar-refractivity contribution is 9.10. The summed E-state index contributed by atoms with van der Waals surface area (Å²) in [5, 5.41) is 12.3. The van der Waals surface area contributed by atoms with Gasteiger partial charge in [0, 0.05) is 16.4 Å². The molecule has 0 saturated heterocycles. The summed E-state index contributed by atoms with van der Waals surface area (Å²) in [6.07, 6.45) is 2.76. The fourth-order valence-electron chi connectivity index (χ4n) is 3.03. The minimum atomic E-state index is -0.645. The number of nitrogens with one attached hydrogen (secondary N) is 1. The lowest BCUT2D eigenvalue weighted by atomic mass is 10.1. The van der Waals surface area contributed by atoms with Gasteiger partial charge in [-0.2, -0.15) is 10.2 Å². The van der Waals surface area contributed by atoms with E-state index >= 15 is 0 Å². The number of benzene rings is 2. The molecule has 0 fully saturated rings. The van der Waals surface area contributed by atoms with Gasteiger partial charge in [-0.15, -0.1) is 0 Å². The maximum atomic E-state index is 13.2. The highest BCUT2D eigenvalue weighted by Gasteiger charge is 2.17. The Kier molecular flexibility index (Phi) is 6.33. The SMILES string of the molecule is Cc1ccc(NC(=O)C(C#N)=Cc2c(Oc3ccc(Br)cc3)nc3ccccn3c2=O)cc1. The van der Waals surface area contributed by atoms with Gasteiger partial charge >= 0.3 is 0 Å². The maximum Gasteiger partial charge on any atom is 0.269 e. The second-order valence-corrected chi connectivity index (χ2v) is 8.03. The van der Waals surface area contributed by atoms with E-state index in [1.165, 1.54) is 10.5 Å². The van der Waals surface area contributed by atoms with E-state index in [9.17, 15) is 14.9 Å². The molecule has 4 aromatic rings. The van der Waals surface area contributed by atoms with Crippen molar-refractivity contribution in [3.8, 4) is 17.7 Å². The van der Waals surface area contributed by atoms with E-state index in [1.54, 1.807) is 60.8 Å². The third-order valence-electron chi connectivity index (χ3n) is 4.73. The topological polar surface area (TPSA) is 96.5 Å². The third-order valence-corrected chi connectivity index (χ3v) is 5.25. The van der Waals surface area contributed by atoms with Crippen molar-refractivity contribution in [3.05, 3.63) is 104 Å². The van der Waals surface area contributed by atoms with Crippen LogP contribution < -0.4 is 15.6 Å². The van der Waals surface area contributed by atoms with Crippen LogP contribution in [0.1, 0.15) is 11.1 Å². The van der Waals surface area contributed by atoms with Crippen LogP contribution in [0.3, 0.4) is 0 Å². The summed E-state index contributed by atoms with van der Waals surface area (Å²) in [5.74, 6) is -0.208. The summed E-state index contributed by atoms with van der Waals surface area (Å²) in [4.78, 5) is 30.4. The minimum absolute atomic E-state index is 0.00981. The third kappa shape index (κ3) is 5.00. The summed E-state index contributed by atoms with van der Waals surface area (Å²) in [7, 11) is 0. The number of ether oxygens (including phenoxy) is 1. The van der Waals surface area contributed by atoms with Crippen LogP contribution in [-0.4, -0.2) is 15.3 Å². The summed E-state index contributed by atoms with van der Waals surface area (Å²) in [6, 6.07) is 21.1. The molecule has 2 aromatic carbocycles. The second kappa shape index (κ2) is 9.51. The molecular formula is C25H17BrN4O3. The van der Waals surface area contributed by atoms with Gasteiger partial charge in [-0.3, -0.25) is 14.0 Å². The molecule has 0 atom stereocenters. The van der Waals surface area contributed by atoms with Gasteiger partial charge in [0.2, 0.25) is 5.88 Å². The number of amides is 1. The summed E-state index contributed by atoms with van der Waals surface area (Å²) < 4.78 is 8.07. The van der Waals surface area contributed by atoms with Crippen molar-refractivity contribution in [2.45, 2.75) is 6.92 Å². The van der Waals surface area contributed by atoms with Gasteiger partial charge in [-0.05, 0) is 61.5 Å². The Balaban J connectivity index is 1.78. The Hall–Kier alpha value is -4.22. The molecule has 2 heterocycles. The molecule has 0 aliphatic carbocycles. The zero-order chi connectivity index (χ0) is 23.4. The molecule has 0 unspecified atom stereocenters. The first-order valence-corrected chi connectivity index (χ1v) is 10.7.